The molecule has 0 bridgehead atoms. The number of hydrogen-bond donors (Lipinski definition) is 0. The van der Waals surface area contributed by atoms with Gasteiger partial charge in [0.15, 0.2) is 0 Å². The maximum absolute atomic E-state index is 12.8. The van der Waals surface area contributed by atoms with Crippen LogP contribution in [-0.4, -0.2) is 36.0 Å². The Kier molecular flexibility index (Phi) is 4.86. The van der Waals surface area contributed by atoms with Crippen LogP contribution < -0.4 is 4.90 Å². The van der Waals surface area contributed by atoms with Crippen LogP contribution in [0.3, 0.4) is 0 Å². The number of hydrogen-bond acceptors (Lipinski definition) is 2. The number of rotatable bonds is 2. The molecule has 2 fully saturated rings. The number of amides is 1. The summed E-state index contributed by atoms with van der Waals surface area (Å²) in [6.07, 6.45) is 5.88. The first kappa shape index (κ1) is 16.6. The zero-order valence-electron chi connectivity index (χ0n) is 14.2. The smallest absolute Gasteiger partial charge is 0.225 e. The second-order valence-corrected chi connectivity index (χ2v) is 7.97. The van der Waals surface area contributed by atoms with E-state index >= 15 is 0 Å². The van der Waals surface area contributed by atoms with Gasteiger partial charge in [0.2, 0.25) is 5.91 Å². The molecule has 1 aromatic carbocycles. The van der Waals surface area contributed by atoms with Gasteiger partial charge in [-0.15, -0.1) is 0 Å². The topological polar surface area (TPSA) is 23.6 Å². The number of nitrogens with zero attached hydrogens (tertiary/aromatic N) is 2. The summed E-state index contributed by atoms with van der Waals surface area (Å²) in [5.41, 5.74) is 1.13. The number of carbonyl (C=O) groups excluding carboxylic acids is 1. The number of carbonyl (C=O) groups is 1. The van der Waals surface area contributed by atoms with Crippen LogP contribution in [0.25, 0.3) is 0 Å². The van der Waals surface area contributed by atoms with Gasteiger partial charge in [-0.1, -0.05) is 30.9 Å². The van der Waals surface area contributed by atoms with Crippen molar-refractivity contribution in [2.75, 3.05) is 24.5 Å². The lowest BCUT2D eigenvalue weighted by molar-refractivity contribution is -0.138. The maximum atomic E-state index is 12.8. The summed E-state index contributed by atoms with van der Waals surface area (Å²) < 4.78 is 0. The lowest BCUT2D eigenvalue weighted by Crippen LogP contribution is -2.61. The Hall–Kier alpha value is -1.22. The van der Waals surface area contributed by atoms with Crippen LogP contribution in [0.5, 0.6) is 0 Å². The third-order valence-corrected chi connectivity index (χ3v) is 5.56. The van der Waals surface area contributed by atoms with Crippen LogP contribution in [0.2, 0.25) is 5.02 Å². The molecular weight excluding hydrogens is 308 g/mol. The quantitative estimate of drug-likeness (QED) is 0.802. The standard InChI is InChI=1S/C19H27ClN2O/c1-19(2)14-21(18(23)15-6-4-3-5-7-15)12-13-22(19)17-10-8-16(20)9-11-17/h8-11,15H,3-7,12-14H2,1-2H3. The Morgan fingerprint density at radius 1 is 1.09 bits per heavy atom. The molecule has 1 aliphatic carbocycles. The van der Waals surface area contributed by atoms with Gasteiger partial charge in [0.1, 0.15) is 0 Å². The van der Waals surface area contributed by atoms with E-state index in [1.807, 2.05) is 12.1 Å². The lowest BCUT2D eigenvalue weighted by Gasteiger charge is -2.49. The fourth-order valence-electron chi connectivity index (χ4n) is 4.05. The minimum atomic E-state index is -0.0591. The van der Waals surface area contributed by atoms with Crippen molar-refractivity contribution >= 4 is 23.2 Å². The molecule has 126 valence electrons. The molecule has 3 rings (SSSR count). The Labute approximate surface area is 144 Å². The molecule has 23 heavy (non-hydrogen) atoms. The molecule has 0 unspecified atom stereocenters. The molecule has 1 aliphatic heterocycles. The summed E-state index contributed by atoms with van der Waals surface area (Å²) >= 11 is 6.00. The summed E-state index contributed by atoms with van der Waals surface area (Å²) in [5, 5.41) is 0.762. The molecule has 0 atom stereocenters. The molecular formula is C19H27ClN2O. The highest BCUT2D eigenvalue weighted by Gasteiger charge is 2.37. The summed E-state index contributed by atoms with van der Waals surface area (Å²) in [6, 6.07) is 8.02. The van der Waals surface area contributed by atoms with Gasteiger partial charge in [0.25, 0.3) is 0 Å². The summed E-state index contributed by atoms with van der Waals surface area (Å²) in [4.78, 5) is 17.3. The number of halogens is 1. The summed E-state index contributed by atoms with van der Waals surface area (Å²) in [6.45, 7) is 6.95. The highest BCUT2D eigenvalue weighted by molar-refractivity contribution is 6.30. The zero-order valence-corrected chi connectivity index (χ0v) is 15.0. The predicted octanol–water partition coefficient (Wildman–Crippen LogP) is 4.35. The largest absolute Gasteiger partial charge is 0.363 e. The molecule has 1 aromatic rings. The van der Waals surface area contributed by atoms with Crippen LogP contribution in [0.15, 0.2) is 24.3 Å². The van der Waals surface area contributed by atoms with Crippen molar-refractivity contribution in [2.24, 2.45) is 5.92 Å². The van der Waals surface area contributed by atoms with E-state index in [2.05, 4.69) is 35.8 Å². The van der Waals surface area contributed by atoms with E-state index in [9.17, 15) is 4.79 Å². The van der Waals surface area contributed by atoms with Crippen LogP contribution >= 0.6 is 11.6 Å². The Bertz CT molecular complexity index is 549. The Morgan fingerprint density at radius 2 is 1.74 bits per heavy atom. The lowest BCUT2D eigenvalue weighted by atomic mass is 9.87. The van der Waals surface area contributed by atoms with E-state index < -0.39 is 0 Å². The minimum absolute atomic E-state index is 0.0591. The average Bonchev–Trinajstić information content (AvgIpc) is 2.55. The first-order valence-corrected chi connectivity index (χ1v) is 9.17. The van der Waals surface area contributed by atoms with E-state index in [1.165, 1.54) is 24.9 Å². The molecule has 1 saturated heterocycles. The van der Waals surface area contributed by atoms with Crippen LogP contribution in [-0.2, 0) is 4.79 Å². The Morgan fingerprint density at radius 3 is 2.35 bits per heavy atom. The number of benzene rings is 1. The SMILES string of the molecule is CC1(C)CN(C(=O)C2CCCCC2)CCN1c1ccc(Cl)cc1. The molecule has 1 heterocycles. The van der Waals surface area contributed by atoms with Gasteiger partial charge >= 0.3 is 0 Å². The molecule has 0 aromatic heterocycles. The second kappa shape index (κ2) is 6.72. The molecule has 0 radical (unpaired) electrons. The van der Waals surface area contributed by atoms with Crippen molar-refractivity contribution in [1.82, 2.24) is 4.90 Å². The van der Waals surface area contributed by atoms with Crippen LogP contribution in [0.4, 0.5) is 5.69 Å². The molecule has 1 saturated carbocycles. The van der Waals surface area contributed by atoms with Gasteiger partial charge in [-0.2, -0.15) is 0 Å². The monoisotopic (exact) mass is 334 g/mol. The minimum Gasteiger partial charge on any atom is -0.363 e. The second-order valence-electron chi connectivity index (χ2n) is 7.54. The Balaban J connectivity index is 1.69. The first-order valence-electron chi connectivity index (χ1n) is 8.79. The van der Waals surface area contributed by atoms with Crippen molar-refractivity contribution in [3.05, 3.63) is 29.3 Å². The van der Waals surface area contributed by atoms with E-state index in [1.54, 1.807) is 0 Å². The molecule has 0 spiro atoms. The van der Waals surface area contributed by atoms with Crippen LogP contribution in [0.1, 0.15) is 46.0 Å². The fraction of sp³-hybridized carbons (Fsp3) is 0.632. The van der Waals surface area contributed by atoms with Gasteiger partial charge in [-0.05, 0) is 51.0 Å². The first-order chi connectivity index (χ1) is 11.0. The van der Waals surface area contributed by atoms with Gasteiger partial charge < -0.3 is 9.80 Å². The maximum Gasteiger partial charge on any atom is 0.225 e. The van der Waals surface area contributed by atoms with E-state index in [-0.39, 0.29) is 11.5 Å². The summed E-state index contributed by atoms with van der Waals surface area (Å²) in [5.74, 6) is 0.648. The third-order valence-electron chi connectivity index (χ3n) is 5.31. The molecule has 2 aliphatic rings. The molecule has 4 heteroatoms. The third kappa shape index (κ3) is 3.65. The van der Waals surface area contributed by atoms with E-state index in [0.717, 1.165) is 37.5 Å². The summed E-state index contributed by atoms with van der Waals surface area (Å²) in [7, 11) is 0. The van der Waals surface area contributed by atoms with Crippen molar-refractivity contribution in [1.29, 1.82) is 0 Å². The molecule has 3 nitrogen and oxygen atoms in total. The van der Waals surface area contributed by atoms with E-state index in [0.29, 0.717) is 5.91 Å². The predicted molar refractivity (Wildman–Crippen MR) is 96.0 cm³/mol. The normalized spacial score (nSPS) is 22.2. The highest BCUT2D eigenvalue weighted by Crippen LogP contribution is 2.31. The van der Waals surface area contributed by atoms with Gasteiger partial charge in [-0.3, -0.25) is 4.79 Å². The van der Waals surface area contributed by atoms with Gasteiger partial charge in [-0.25, -0.2) is 0 Å². The van der Waals surface area contributed by atoms with E-state index in [4.69, 9.17) is 11.6 Å². The fourth-order valence-corrected chi connectivity index (χ4v) is 4.18. The van der Waals surface area contributed by atoms with Gasteiger partial charge in [0, 0.05) is 36.3 Å². The van der Waals surface area contributed by atoms with Crippen molar-refractivity contribution < 1.29 is 4.79 Å². The van der Waals surface area contributed by atoms with Crippen molar-refractivity contribution in [2.45, 2.75) is 51.5 Å². The highest BCUT2D eigenvalue weighted by atomic mass is 35.5. The zero-order chi connectivity index (χ0) is 16.4. The number of piperazine rings is 1. The number of anilines is 1. The van der Waals surface area contributed by atoms with Gasteiger partial charge in [0.05, 0.1) is 5.54 Å². The average molecular weight is 335 g/mol. The van der Waals surface area contributed by atoms with Crippen LogP contribution in [0, 0.1) is 5.92 Å². The van der Waals surface area contributed by atoms with Crippen molar-refractivity contribution in [3.8, 4) is 0 Å². The molecule has 0 N–H and O–H groups in total. The molecule has 1 amide bonds. The van der Waals surface area contributed by atoms with Crippen molar-refractivity contribution in [3.63, 3.8) is 0 Å².